The number of methoxy groups -OCH3 is 1. The second-order valence-corrected chi connectivity index (χ2v) is 4.72. The molecule has 2 aromatic carbocycles. The van der Waals surface area contributed by atoms with E-state index in [0.29, 0.717) is 5.90 Å². The van der Waals surface area contributed by atoms with Crippen LogP contribution in [-0.2, 0) is 14.3 Å². The zero-order valence-electron chi connectivity index (χ0n) is 11.6. The topological polar surface area (TPSA) is 47.9 Å². The van der Waals surface area contributed by atoms with E-state index in [2.05, 4.69) is 4.99 Å². The van der Waals surface area contributed by atoms with E-state index in [1.165, 1.54) is 7.11 Å². The molecule has 0 radical (unpaired) electrons. The highest BCUT2D eigenvalue weighted by Crippen LogP contribution is 2.31. The van der Waals surface area contributed by atoms with Crippen LogP contribution in [0.2, 0.25) is 0 Å². The van der Waals surface area contributed by atoms with Crippen LogP contribution in [0.15, 0.2) is 65.7 Å². The number of benzene rings is 2. The zero-order chi connectivity index (χ0) is 14.7. The first kappa shape index (κ1) is 13.4. The molecular formula is C17H15NO3. The molecule has 2 atom stereocenters. The van der Waals surface area contributed by atoms with Crippen LogP contribution < -0.4 is 0 Å². The second kappa shape index (κ2) is 5.79. The Balaban J connectivity index is 1.97. The monoisotopic (exact) mass is 281 g/mol. The summed E-state index contributed by atoms with van der Waals surface area (Å²) in [6.07, 6.45) is -0.743. The number of carbonyl (C=O) groups excluding carboxylic acids is 1. The molecular weight excluding hydrogens is 266 g/mol. The van der Waals surface area contributed by atoms with Crippen LogP contribution in [0.3, 0.4) is 0 Å². The maximum atomic E-state index is 12.0. The molecule has 1 heterocycles. The number of aliphatic imine (C=N–C) groups is 1. The van der Waals surface area contributed by atoms with Crippen LogP contribution in [0.5, 0.6) is 0 Å². The number of ether oxygens (including phenoxy) is 2. The summed E-state index contributed by atoms with van der Waals surface area (Å²) < 4.78 is 10.6. The first-order valence-corrected chi connectivity index (χ1v) is 6.72. The Kier molecular flexibility index (Phi) is 3.69. The molecule has 0 saturated heterocycles. The molecule has 0 fully saturated rings. The average molecular weight is 281 g/mol. The summed E-state index contributed by atoms with van der Waals surface area (Å²) in [5.74, 6) is 0.0541. The maximum absolute atomic E-state index is 12.0. The predicted molar refractivity (Wildman–Crippen MR) is 79.1 cm³/mol. The van der Waals surface area contributed by atoms with E-state index in [9.17, 15) is 4.79 Å². The van der Waals surface area contributed by atoms with Gasteiger partial charge in [0.1, 0.15) is 6.04 Å². The molecule has 4 nitrogen and oxygen atoms in total. The number of hydrogen-bond donors (Lipinski definition) is 0. The van der Waals surface area contributed by atoms with Crippen molar-refractivity contribution >= 4 is 11.9 Å². The largest absolute Gasteiger partial charge is 0.466 e. The Labute approximate surface area is 123 Å². The molecule has 0 saturated carbocycles. The van der Waals surface area contributed by atoms with Gasteiger partial charge in [0, 0.05) is 5.56 Å². The summed E-state index contributed by atoms with van der Waals surface area (Å²) in [5, 5.41) is 0. The van der Waals surface area contributed by atoms with Crippen molar-refractivity contribution in [1.29, 1.82) is 0 Å². The zero-order valence-corrected chi connectivity index (χ0v) is 11.6. The van der Waals surface area contributed by atoms with Gasteiger partial charge >= 0.3 is 5.97 Å². The summed E-state index contributed by atoms with van der Waals surface area (Å²) in [6.45, 7) is 0. The minimum atomic E-state index is -0.743. The van der Waals surface area contributed by atoms with E-state index < -0.39 is 12.1 Å². The fraction of sp³-hybridized carbons (Fsp3) is 0.176. The number of hydrogen-bond acceptors (Lipinski definition) is 4. The van der Waals surface area contributed by atoms with E-state index >= 15 is 0 Å². The maximum Gasteiger partial charge on any atom is 0.349 e. The van der Waals surface area contributed by atoms with Crippen molar-refractivity contribution in [3.8, 4) is 0 Å². The Morgan fingerprint density at radius 2 is 1.67 bits per heavy atom. The summed E-state index contributed by atoms with van der Waals surface area (Å²) in [4.78, 5) is 16.5. The van der Waals surface area contributed by atoms with Gasteiger partial charge in [-0.25, -0.2) is 9.79 Å². The molecule has 106 valence electrons. The third kappa shape index (κ3) is 2.65. The van der Waals surface area contributed by atoms with Gasteiger partial charge in [0.25, 0.3) is 0 Å². The number of rotatable bonds is 3. The van der Waals surface area contributed by atoms with Crippen molar-refractivity contribution in [2.75, 3.05) is 7.11 Å². The van der Waals surface area contributed by atoms with E-state index in [-0.39, 0.29) is 6.04 Å². The first-order valence-electron chi connectivity index (χ1n) is 6.72. The SMILES string of the molecule is COC(=O)[C@@H]1OC(c2ccccc2)=NC1c1ccccc1. The van der Waals surface area contributed by atoms with E-state index in [0.717, 1.165) is 11.1 Å². The van der Waals surface area contributed by atoms with E-state index in [4.69, 9.17) is 9.47 Å². The lowest BCUT2D eigenvalue weighted by molar-refractivity contribution is -0.149. The Hall–Kier alpha value is -2.62. The fourth-order valence-electron chi connectivity index (χ4n) is 2.33. The van der Waals surface area contributed by atoms with E-state index in [1.807, 2.05) is 60.7 Å². The lowest BCUT2D eigenvalue weighted by Crippen LogP contribution is -2.28. The fourth-order valence-corrected chi connectivity index (χ4v) is 2.33. The number of nitrogens with zero attached hydrogens (tertiary/aromatic N) is 1. The highest BCUT2D eigenvalue weighted by molar-refractivity contribution is 5.98. The van der Waals surface area contributed by atoms with Gasteiger partial charge in [-0.3, -0.25) is 0 Å². The molecule has 0 N–H and O–H groups in total. The minimum absolute atomic E-state index is 0.381. The van der Waals surface area contributed by atoms with Gasteiger partial charge in [0.05, 0.1) is 7.11 Å². The molecule has 1 unspecified atom stereocenters. The first-order chi connectivity index (χ1) is 10.3. The average Bonchev–Trinajstić information content (AvgIpc) is 3.01. The molecule has 3 rings (SSSR count). The van der Waals surface area contributed by atoms with Crippen molar-refractivity contribution in [3.63, 3.8) is 0 Å². The Morgan fingerprint density at radius 3 is 2.29 bits per heavy atom. The van der Waals surface area contributed by atoms with Crippen LogP contribution in [0.25, 0.3) is 0 Å². The van der Waals surface area contributed by atoms with Gasteiger partial charge < -0.3 is 9.47 Å². The summed E-state index contributed by atoms with van der Waals surface area (Å²) in [7, 11) is 1.36. The summed E-state index contributed by atoms with van der Waals surface area (Å²) in [6, 6.07) is 18.8. The minimum Gasteiger partial charge on any atom is -0.466 e. The van der Waals surface area contributed by atoms with Crippen LogP contribution in [0.4, 0.5) is 0 Å². The lowest BCUT2D eigenvalue weighted by atomic mass is 10.0. The highest BCUT2D eigenvalue weighted by atomic mass is 16.6. The summed E-state index contributed by atoms with van der Waals surface area (Å²) >= 11 is 0. The van der Waals surface area contributed by atoms with Gasteiger partial charge in [-0.15, -0.1) is 0 Å². The van der Waals surface area contributed by atoms with Crippen molar-refractivity contribution in [3.05, 3.63) is 71.8 Å². The molecule has 1 aliphatic heterocycles. The molecule has 0 aliphatic carbocycles. The smallest absolute Gasteiger partial charge is 0.349 e. The van der Waals surface area contributed by atoms with Crippen LogP contribution >= 0.6 is 0 Å². The van der Waals surface area contributed by atoms with Crippen LogP contribution in [-0.4, -0.2) is 25.1 Å². The van der Waals surface area contributed by atoms with Crippen LogP contribution in [0.1, 0.15) is 17.2 Å². The van der Waals surface area contributed by atoms with E-state index in [1.54, 1.807) is 0 Å². The van der Waals surface area contributed by atoms with Crippen molar-refractivity contribution < 1.29 is 14.3 Å². The van der Waals surface area contributed by atoms with Gasteiger partial charge in [-0.05, 0) is 17.7 Å². The molecule has 1 aliphatic rings. The Morgan fingerprint density at radius 1 is 1.05 bits per heavy atom. The third-order valence-electron chi connectivity index (χ3n) is 3.38. The molecule has 21 heavy (non-hydrogen) atoms. The van der Waals surface area contributed by atoms with Crippen LogP contribution in [0, 0.1) is 0 Å². The van der Waals surface area contributed by atoms with Gasteiger partial charge in [-0.2, -0.15) is 0 Å². The third-order valence-corrected chi connectivity index (χ3v) is 3.38. The molecule has 0 aromatic heterocycles. The molecule has 0 bridgehead atoms. The lowest BCUT2D eigenvalue weighted by Gasteiger charge is -2.15. The molecule has 0 spiro atoms. The second-order valence-electron chi connectivity index (χ2n) is 4.72. The van der Waals surface area contributed by atoms with Crippen molar-refractivity contribution in [2.24, 2.45) is 4.99 Å². The number of carbonyl (C=O) groups is 1. The van der Waals surface area contributed by atoms with Crippen molar-refractivity contribution in [2.45, 2.75) is 12.1 Å². The van der Waals surface area contributed by atoms with Gasteiger partial charge in [0.15, 0.2) is 0 Å². The molecule has 4 heteroatoms. The van der Waals surface area contributed by atoms with Crippen molar-refractivity contribution in [1.82, 2.24) is 0 Å². The van der Waals surface area contributed by atoms with Gasteiger partial charge in [0.2, 0.25) is 12.0 Å². The highest BCUT2D eigenvalue weighted by Gasteiger charge is 2.38. The number of esters is 1. The Bertz CT molecular complexity index is 652. The van der Waals surface area contributed by atoms with Gasteiger partial charge in [-0.1, -0.05) is 48.5 Å². The summed E-state index contributed by atoms with van der Waals surface area (Å²) in [5.41, 5.74) is 1.78. The quantitative estimate of drug-likeness (QED) is 0.813. The predicted octanol–water partition coefficient (Wildman–Crippen LogP) is 2.75. The standard InChI is InChI=1S/C17H15NO3/c1-20-17(19)15-14(12-8-4-2-5-9-12)18-16(21-15)13-10-6-3-7-11-13/h2-11,14-15H,1H3/t14?,15-/m1/s1. The normalized spacial score (nSPS) is 20.5. The molecule has 2 aromatic rings. The molecule has 0 amide bonds.